The van der Waals surface area contributed by atoms with Crippen molar-refractivity contribution in [2.75, 3.05) is 30.9 Å². The summed E-state index contributed by atoms with van der Waals surface area (Å²) in [5, 5.41) is 27.5. The second kappa shape index (κ2) is 9.62. The molecule has 1 aliphatic rings. The molecule has 0 saturated heterocycles. The van der Waals surface area contributed by atoms with Crippen molar-refractivity contribution in [2.24, 2.45) is 5.92 Å². The third kappa shape index (κ3) is 4.91. The highest BCUT2D eigenvalue weighted by Gasteiger charge is 2.34. The van der Waals surface area contributed by atoms with E-state index in [0.717, 1.165) is 10.2 Å². The van der Waals surface area contributed by atoms with Crippen LogP contribution in [0, 0.1) is 5.92 Å². The van der Waals surface area contributed by atoms with Crippen molar-refractivity contribution in [1.29, 1.82) is 0 Å². The van der Waals surface area contributed by atoms with Gasteiger partial charge in [0, 0.05) is 20.3 Å². The van der Waals surface area contributed by atoms with Gasteiger partial charge in [-0.15, -0.1) is 11.3 Å². The van der Waals surface area contributed by atoms with Gasteiger partial charge < -0.3 is 25.6 Å². The van der Waals surface area contributed by atoms with Crippen LogP contribution in [0.3, 0.4) is 0 Å². The second-order valence-electron chi connectivity index (χ2n) is 7.81. The molecule has 10 heteroatoms. The fourth-order valence-electron chi connectivity index (χ4n) is 3.70. The van der Waals surface area contributed by atoms with Gasteiger partial charge in [-0.1, -0.05) is 23.7 Å². The van der Waals surface area contributed by atoms with Gasteiger partial charge in [0.25, 0.3) is 0 Å². The molecule has 0 aliphatic heterocycles. The summed E-state index contributed by atoms with van der Waals surface area (Å²) in [6.45, 7) is 2.50. The largest absolute Gasteiger partial charge is 0.396 e. The number of aliphatic hydroxyl groups is 2. The number of methoxy groups -OCH3 is 1. The summed E-state index contributed by atoms with van der Waals surface area (Å²) in [6, 6.07) is 7.62. The number of halogens is 1. The molecule has 0 amide bonds. The number of rotatable bonds is 8. The molecule has 1 fully saturated rings. The molecule has 2 aromatic heterocycles. The van der Waals surface area contributed by atoms with Gasteiger partial charge in [-0.3, -0.25) is 0 Å². The fraction of sp³-hybridized carbons (Fsp3) is 0.476. The smallest absolute Gasteiger partial charge is 0.226 e. The van der Waals surface area contributed by atoms with Crippen molar-refractivity contribution in [2.45, 2.75) is 38.0 Å². The van der Waals surface area contributed by atoms with E-state index in [4.69, 9.17) is 21.3 Å². The monoisotopic (exact) mass is 463 g/mol. The molecule has 0 bridgehead atoms. The molecule has 2 heterocycles. The lowest BCUT2D eigenvalue weighted by Crippen LogP contribution is -2.29. The summed E-state index contributed by atoms with van der Waals surface area (Å²) >= 11 is 8.14. The zero-order valence-electron chi connectivity index (χ0n) is 17.4. The van der Waals surface area contributed by atoms with Gasteiger partial charge in [0.1, 0.15) is 16.0 Å². The van der Waals surface area contributed by atoms with Crippen LogP contribution in [-0.2, 0) is 4.74 Å². The predicted octanol–water partition coefficient (Wildman–Crippen LogP) is 3.40. The Morgan fingerprint density at radius 1 is 1.26 bits per heavy atom. The van der Waals surface area contributed by atoms with Crippen molar-refractivity contribution >= 4 is 44.9 Å². The van der Waals surface area contributed by atoms with Crippen molar-refractivity contribution in [3.05, 3.63) is 29.4 Å². The van der Waals surface area contributed by atoms with Crippen molar-refractivity contribution in [3.63, 3.8) is 0 Å². The summed E-state index contributed by atoms with van der Waals surface area (Å²) < 4.78 is 6.31. The Hall–Kier alpha value is -2.04. The summed E-state index contributed by atoms with van der Waals surface area (Å²) in [5.41, 5.74) is 1.48. The van der Waals surface area contributed by atoms with Crippen LogP contribution in [0.25, 0.3) is 20.8 Å². The second-order valence-corrected chi connectivity index (χ2v) is 9.20. The van der Waals surface area contributed by atoms with E-state index in [1.54, 1.807) is 7.11 Å². The standard InChI is InChI=1S/C21H26ClN5O3S/c1-11(30-2)9-23-21-26-18(22)17(20-25-13-5-3-4-6-16(13)31-20)19(27-21)24-14-7-12(10-28)8-15(14)29/h3-6,11-12,14-15,28-29H,7-10H2,1-2H3,(H2,23,24,26,27)/t11-,12+,14-,15-/m1/s1. The van der Waals surface area contributed by atoms with E-state index in [0.29, 0.717) is 41.7 Å². The van der Waals surface area contributed by atoms with Gasteiger partial charge in [0.05, 0.1) is 34.0 Å². The number of benzene rings is 1. The quantitative estimate of drug-likeness (QED) is 0.376. The van der Waals surface area contributed by atoms with Crippen LogP contribution in [0.15, 0.2) is 24.3 Å². The number of aromatic nitrogens is 3. The van der Waals surface area contributed by atoms with Gasteiger partial charge >= 0.3 is 0 Å². The molecule has 0 radical (unpaired) electrons. The van der Waals surface area contributed by atoms with Gasteiger partial charge in [-0.05, 0) is 37.8 Å². The van der Waals surface area contributed by atoms with Crippen LogP contribution in [0.5, 0.6) is 0 Å². The summed E-state index contributed by atoms with van der Waals surface area (Å²) in [4.78, 5) is 13.8. The number of hydrogen-bond acceptors (Lipinski definition) is 9. The average molecular weight is 464 g/mol. The first-order valence-corrected chi connectivity index (χ1v) is 11.4. The highest BCUT2D eigenvalue weighted by Crippen LogP contribution is 2.39. The Labute approximate surface area is 189 Å². The lowest BCUT2D eigenvalue weighted by molar-refractivity contribution is 0.128. The number of ether oxygens (including phenoxy) is 1. The predicted molar refractivity (Wildman–Crippen MR) is 124 cm³/mol. The van der Waals surface area contributed by atoms with Crippen LogP contribution in [0.2, 0.25) is 5.15 Å². The highest BCUT2D eigenvalue weighted by molar-refractivity contribution is 7.21. The third-order valence-corrected chi connectivity index (χ3v) is 6.86. The Morgan fingerprint density at radius 3 is 2.77 bits per heavy atom. The van der Waals surface area contributed by atoms with E-state index in [2.05, 4.69) is 20.6 Å². The maximum Gasteiger partial charge on any atom is 0.226 e. The molecule has 0 spiro atoms. The van der Waals surface area contributed by atoms with Gasteiger partial charge in [-0.2, -0.15) is 4.98 Å². The molecule has 4 rings (SSSR count). The molecule has 4 atom stereocenters. The Bertz CT molecular complexity index is 1020. The summed E-state index contributed by atoms with van der Waals surface area (Å²) in [6.07, 6.45) is 0.575. The minimum Gasteiger partial charge on any atom is -0.396 e. The molecule has 3 aromatic rings. The van der Waals surface area contributed by atoms with E-state index < -0.39 is 6.10 Å². The molecule has 1 aromatic carbocycles. The van der Waals surface area contributed by atoms with Crippen LogP contribution < -0.4 is 10.6 Å². The minimum absolute atomic E-state index is 0.0234. The maximum atomic E-state index is 10.5. The normalized spacial score (nSPS) is 22.0. The molecule has 166 valence electrons. The van der Waals surface area contributed by atoms with Gasteiger partial charge in [0.15, 0.2) is 0 Å². The van der Waals surface area contributed by atoms with Gasteiger partial charge in [-0.25, -0.2) is 9.97 Å². The Kier molecular flexibility index (Phi) is 6.88. The molecular weight excluding hydrogens is 438 g/mol. The van der Waals surface area contributed by atoms with Crippen LogP contribution in [0.1, 0.15) is 19.8 Å². The number of aliphatic hydroxyl groups excluding tert-OH is 2. The Morgan fingerprint density at radius 2 is 2.06 bits per heavy atom. The molecule has 4 N–H and O–H groups in total. The lowest BCUT2D eigenvalue weighted by atomic mass is 10.1. The lowest BCUT2D eigenvalue weighted by Gasteiger charge is -2.20. The topological polar surface area (TPSA) is 112 Å². The summed E-state index contributed by atoms with van der Waals surface area (Å²) in [7, 11) is 1.64. The maximum absolute atomic E-state index is 10.5. The SMILES string of the molecule is CO[C@H](C)CNc1nc(Cl)c(-c2nc3ccccc3s2)c(N[C@@H]2C[C@H](CO)C[C@H]2O)n1. The van der Waals surface area contributed by atoms with E-state index in [-0.39, 0.29) is 29.8 Å². The molecular formula is C21H26ClN5O3S. The van der Waals surface area contributed by atoms with Crippen LogP contribution in [-0.4, -0.2) is 63.7 Å². The molecule has 8 nitrogen and oxygen atoms in total. The van der Waals surface area contributed by atoms with Crippen molar-refractivity contribution < 1.29 is 14.9 Å². The number of thiazole rings is 1. The summed E-state index contributed by atoms with van der Waals surface area (Å²) in [5.74, 6) is 0.928. The average Bonchev–Trinajstić information content (AvgIpc) is 3.34. The van der Waals surface area contributed by atoms with E-state index in [9.17, 15) is 10.2 Å². The van der Waals surface area contributed by atoms with E-state index >= 15 is 0 Å². The number of fused-ring (bicyclic) bond motifs is 1. The van der Waals surface area contributed by atoms with E-state index in [1.165, 1.54) is 11.3 Å². The van der Waals surface area contributed by atoms with Crippen molar-refractivity contribution in [3.8, 4) is 10.6 Å². The zero-order valence-corrected chi connectivity index (χ0v) is 19.0. The first-order chi connectivity index (χ1) is 15.0. The van der Waals surface area contributed by atoms with Gasteiger partial charge in [0.2, 0.25) is 5.95 Å². The molecule has 0 unspecified atom stereocenters. The van der Waals surface area contributed by atoms with Crippen LogP contribution >= 0.6 is 22.9 Å². The first-order valence-electron chi connectivity index (χ1n) is 10.2. The molecule has 31 heavy (non-hydrogen) atoms. The third-order valence-electron chi connectivity index (χ3n) is 5.53. The number of nitrogens with one attached hydrogen (secondary N) is 2. The van der Waals surface area contributed by atoms with E-state index in [1.807, 2.05) is 31.2 Å². The Balaban J connectivity index is 1.71. The van der Waals surface area contributed by atoms with Crippen molar-refractivity contribution in [1.82, 2.24) is 15.0 Å². The van der Waals surface area contributed by atoms with Crippen LogP contribution in [0.4, 0.5) is 11.8 Å². The number of para-hydroxylation sites is 1. The molecule has 1 saturated carbocycles. The number of hydrogen-bond donors (Lipinski definition) is 4. The number of anilines is 2. The highest BCUT2D eigenvalue weighted by atomic mass is 35.5. The zero-order chi connectivity index (χ0) is 22.0. The number of nitrogens with zero attached hydrogens (tertiary/aromatic N) is 3. The molecule has 1 aliphatic carbocycles. The minimum atomic E-state index is -0.584. The fourth-order valence-corrected chi connectivity index (χ4v) is 5.03. The first kappa shape index (κ1) is 22.2.